The van der Waals surface area contributed by atoms with Gasteiger partial charge in [0.25, 0.3) is 0 Å². The Labute approximate surface area is 122 Å². The first-order chi connectivity index (χ1) is 8.70. The molecule has 2 heterocycles. The lowest BCUT2D eigenvalue weighted by molar-refractivity contribution is 0.385. The van der Waals surface area contributed by atoms with Crippen LogP contribution in [0, 0.1) is 5.92 Å². The Morgan fingerprint density at radius 1 is 1.50 bits per heavy atom. The zero-order valence-electron chi connectivity index (χ0n) is 10.6. The van der Waals surface area contributed by atoms with Gasteiger partial charge in [0.2, 0.25) is 0 Å². The smallest absolute Gasteiger partial charge is 0.142 e. The molecular formula is C13H19BrClN3. The zero-order chi connectivity index (χ0) is 13.0. The Hall–Kier alpha value is -0.320. The lowest BCUT2D eigenvalue weighted by Crippen LogP contribution is -2.37. The monoisotopic (exact) mass is 331 g/mol. The van der Waals surface area contributed by atoms with E-state index in [0.717, 1.165) is 42.4 Å². The van der Waals surface area contributed by atoms with Gasteiger partial charge in [0, 0.05) is 19.3 Å². The number of nitrogens with one attached hydrogen (secondary N) is 1. The van der Waals surface area contributed by atoms with Crippen molar-refractivity contribution in [2.45, 2.75) is 19.8 Å². The molecule has 1 saturated heterocycles. The Bertz CT molecular complexity index is 392. The van der Waals surface area contributed by atoms with E-state index < -0.39 is 0 Å². The van der Waals surface area contributed by atoms with E-state index in [0.29, 0.717) is 5.02 Å². The van der Waals surface area contributed by atoms with Crippen LogP contribution in [-0.4, -0.2) is 31.2 Å². The molecule has 1 aromatic heterocycles. The summed E-state index contributed by atoms with van der Waals surface area (Å²) in [6.45, 7) is 6.50. The van der Waals surface area contributed by atoms with Crippen LogP contribution >= 0.6 is 27.5 Å². The molecule has 1 N–H and O–H groups in total. The topological polar surface area (TPSA) is 28.2 Å². The third-order valence-electron chi connectivity index (χ3n) is 3.39. The number of rotatable bonds is 4. The van der Waals surface area contributed by atoms with Gasteiger partial charge in [0.05, 0.1) is 9.50 Å². The lowest BCUT2D eigenvalue weighted by Gasteiger charge is -2.33. The number of anilines is 1. The average Bonchev–Trinajstić information content (AvgIpc) is 2.37. The van der Waals surface area contributed by atoms with Gasteiger partial charge in [-0.3, -0.25) is 0 Å². The maximum Gasteiger partial charge on any atom is 0.142 e. The van der Waals surface area contributed by atoms with Crippen molar-refractivity contribution < 1.29 is 0 Å². The number of hydrogen-bond acceptors (Lipinski definition) is 3. The Morgan fingerprint density at radius 2 is 2.22 bits per heavy atom. The first-order valence-corrected chi connectivity index (χ1v) is 7.64. The van der Waals surface area contributed by atoms with E-state index in [-0.39, 0.29) is 0 Å². The van der Waals surface area contributed by atoms with Gasteiger partial charge < -0.3 is 10.2 Å². The Kier molecular flexibility index (Phi) is 5.27. The minimum absolute atomic E-state index is 0.674. The quantitative estimate of drug-likeness (QED) is 0.917. The number of pyridine rings is 1. The molecule has 1 fully saturated rings. The minimum atomic E-state index is 0.674. The highest BCUT2D eigenvalue weighted by atomic mass is 79.9. The summed E-state index contributed by atoms with van der Waals surface area (Å²) >= 11 is 9.46. The van der Waals surface area contributed by atoms with Crippen LogP contribution < -0.4 is 10.2 Å². The zero-order valence-corrected chi connectivity index (χ0v) is 13.0. The summed E-state index contributed by atoms with van der Waals surface area (Å²) < 4.78 is 0.986. The highest BCUT2D eigenvalue weighted by molar-refractivity contribution is 9.10. The van der Waals surface area contributed by atoms with E-state index in [4.69, 9.17) is 11.6 Å². The predicted molar refractivity (Wildman–Crippen MR) is 80.4 cm³/mol. The van der Waals surface area contributed by atoms with Crippen molar-refractivity contribution in [3.8, 4) is 0 Å². The molecule has 3 nitrogen and oxygen atoms in total. The van der Waals surface area contributed by atoms with Gasteiger partial charge in [-0.1, -0.05) is 18.5 Å². The summed E-state index contributed by atoms with van der Waals surface area (Å²) in [5.74, 6) is 1.81. The first kappa shape index (κ1) is 14.1. The van der Waals surface area contributed by atoms with Crippen LogP contribution in [0.15, 0.2) is 16.7 Å². The normalized spacial score (nSPS) is 17.2. The van der Waals surface area contributed by atoms with Crippen molar-refractivity contribution in [3.05, 3.63) is 21.8 Å². The molecule has 0 aliphatic carbocycles. The molecule has 0 unspecified atom stereocenters. The molecule has 0 saturated carbocycles. The second kappa shape index (κ2) is 6.73. The average molecular weight is 333 g/mol. The fraction of sp³-hybridized carbons (Fsp3) is 0.615. The molecule has 0 spiro atoms. The number of halogens is 2. The van der Waals surface area contributed by atoms with Gasteiger partial charge >= 0.3 is 0 Å². The number of nitrogens with zero attached hydrogens (tertiary/aromatic N) is 2. The summed E-state index contributed by atoms with van der Waals surface area (Å²) in [6.07, 6.45) is 4.17. The third kappa shape index (κ3) is 3.59. The SMILES string of the molecule is CCNCC1CCN(c2ncc(Cl)cc2Br)CC1. The predicted octanol–water partition coefficient (Wildman–Crippen LogP) is 3.32. The van der Waals surface area contributed by atoms with E-state index in [9.17, 15) is 0 Å². The van der Waals surface area contributed by atoms with Gasteiger partial charge in [-0.25, -0.2) is 4.98 Å². The van der Waals surface area contributed by atoms with Crippen molar-refractivity contribution in [3.63, 3.8) is 0 Å². The van der Waals surface area contributed by atoms with Crippen molar-refractivity contribution in [2.24, 2.45) is 5.92 Å². The fourth-order valence-electron chi connectivity index (χ4n) is 2.34. The molecule has 0 amide bonds. The summed E-state index contributed by atoms with van der Waals surface area (Å²) in [4.78, 5) is 6.76. The van der Waals surface area contributed by atoms with E-state index in [1.54, 1.807) is 6.20 Å². The molecule has 100 valence electrons. The maximum atomic E-state index is 5.92. The van der Waals surface area contributed by atoms with Crippen LogP contribution in [-0.2, 0) is 0 Å². The third-order valence-corrected chi connectivity index (χ3v) is 4.18. The minimum Gasteiger partial charge on any atom is -0.356 e. The molecule has 2 rings (SSSR count). The summed E-state index contributed by atoms with van der Waals surface area (Å²) in [7, 11) is 0. The van der Waals surface area contributed by atoms with Crippen LogP contribution in [0.4, 0.5) is 5.82 Å². The molecule has 0 aromatic carbocycles. The molecular weight excluding hydrogens is 314 g/mol. The van der Waals surface area contributed by atoms with Crippen LogP contribution in [0.25, 0.3) is 0 Å². The van der Waals surface area contributed by atoms with Gasteiger partial charge in [-0.2, -0.15) is 0 Å². The first-order valence-electron chi connectivity index (χ1n) is 6.47. The maximum absolute atomic E-state index is 5.92. The highest BCUT2D eigenvalue weighted by Crippen LogP contribution is 2.29. The second-order valence-corrected chi connectivity index (χ2v) is 5.99. The van der Waals surface area contributed by atoms with E-state index in [1.165, 1.54) is 12.8 Å². The molecule has 1 aliphatic rings. The highest BCUT2D eigenvalue weighted by Gasteiger charge is 2.21. The number of hydrogen-bond donors (Lipinski definition) is 1. The van der Waals surface area contributed by atoms with Gasteiger partial charge in [-0.05, 0) is 53.8 Å². The van der Waals surface area contributed by atoms with Gasteiger partial charge in [0.1, 0.15) is 5.82 Å². The van der Waals surface area contributed by atoms with Crippen LogP contribution in [0.5, 0.6) is 0 Å². The Balaban J connectivity index is 1.93. The lowest BCUT2D eigenvalue weighted by atomic mass is 9.97. The fourth-order valence-corrected chi connectivity index (χ4v) is 3.23. The molecule has 0 bridgehead atoms. The summed E-state index contributed by atoms with van der Waals surface area (Å²) in [6, 6.07) is 1.91. The van der Waals surface area contributed by atoms with E-state index >= 15 is 0 Å². The molecule has 18 heavy (non-hydrogen) atoms. The van der Waals surface area contributed by atoms with Crippen LogP contribution in [0.3, 0.4) is 0 Å². The molecule has 1 aromatic rings. The van der Waals surface area contributed by atoms with Crippen molar-refractivity contribution in [2.75, 3.05) is 31.1 Å². The largest absolute Gasteiger partial charge is 0.356 e. The number of piperidine rings is 1. The second-order valence-electron chi connectivity index (χ2n) is 4.70. The van der Waals surface area contributed by atoms with Crippen molar-refractivity contribution in [1.29, 1.82) is 0 Å². The Morgan fingerprint density at radius 3 is 2.83 bits per heavy atom. The van der Waals surface area contributed by atoms with Crippen LogP contribution in [0.1, 0.15) is 19.8 Å². The van der Waals surface area contributed by atoms with E-state index in [2.05, 4.69) is 38.1 Å². The van der Waals surface area contributed by atoms with E-state index in [1.807, 2.05) is 6.07 Å². The molecule has 0 radical (unpaired) electrons. The summed E-state index contributed by atoms with van der Waals surface area (Å²) in [5, 5.41) is 4.10. The van der Waals surface area contributed by atoms with Crippen LogP contribution in [0.2, 0.25) is 5.02 Å². The van der Waals surface area contributed by atoms with Gasteiger partial charge in [0.15, 0.2) is 0 Å². The van der Waals surface area contributed by atoms with Crippen molar-refractivity contribution in [1.82, 2.24) is 10.3 Å². The van der Waals surface area contributed by atoms with Gasteiger partial charge in [-0.15, -0.1) is 0 Å². The molecule has 0 atom stereocenters. The standard InChI is InChI=1S/C13H19BrClN3/c1-2-16-8-10-3-5-18(6-4-10)13-12(14)7-11(15)9-17-13/h7,9-10,16H,2-6,8H2,1H3. The molecule has 1 aliphatic heterocycles. The molecule has 5 heteroatoms. The summed E-state index contributed by atoms with van der Waals surface area (Å²) in [5.41, 5.74) is 0. The van der Waals surface area contributed by atoms with Crippen molar-refractivity contribution >= 4 is 33.3 Å². The number of aromatic nitrogens is 1.